The molecule has 2 N–H and O–H groups in total. The number of carbonyl (C=O) groups is 1. The van der Waals surface area contributed by atoms with Crippen molar-refractivity contribution in [2.24, 2.45) is 0 Å². The normalized spacial score (nSPS) is 10.5. The SMILES string of the molecule is Cc1cccc(-c2ccc(C(=O)NCCO)o2)c1C. The Hall–Kier alpha value is -2.07. The minimum atomic E-state index is -0.314. The molecule has 0 saturated heterocycles. The van der Waals surface area contributed by atoms with Gasteiger partial charge in [0, 0.05) is 12.1 Å². The number of carbonyl (C=O) groups excluding carboxylic acids is 1. The molecule has 1 aromatic heterocycles. The van der Waals surface area contributed by atoms with Gasteiger partial charge < -0.3 is 14.8 Å². The molecule has 0 saturated carbocycles. The van der Waals surface area contributed by atoms with Gasteiger partial charge in [-0.15, -0.1) is 0 Å². The molecule has 1 amide bonds. The monoisotopic (exact) mass is 259 g/mol. The lowest BCUT2D eigenvalue weighted by Crippen LogP contribution is -2.25. The van der Waals surface area contributed by atoms with E-state index in [0.717, 1.165) is 11.1 Å². The third kappa shape index (κ3) is 2.85. The fraction of sp³-hybridized carbons (Fsp3) is 0.267. The Morgan fingerprint density at radius 1 is 1.26 bits per heavy atom. The first-order chi connectivity index (χ1) is 9.13. The number of furan rings is 1. The van der Waals surface area contributed by atoms with E-state index in [9.17, 15) is 4.79 Å². The number of aliphatic hydroxyl groups is 1. The molecule has 1 heterocycles. The highest BCUT2D eigenvalue weighted by atomic mass is 16.4. The molecule has 0 aliphatic heterocycles. The molecule has 0 aliphatic rings. The summed E-state index contributed by atoms with van der Waals surface area (Å²) in [5.41, 5.74) is 3.31. The van der Waals surface area contributed by atoms with E-state index < -0.39 is 0 Å². The molecular formula is C15H17NO3. The summed E-state index contributed by atoms with van der Waals surface area (Å²) in [6, 6.07) is 9.40. The van der Waals surface area contributed by atoms with E-state index >= 15 is 0 Å². The van der Waals surface area contributed by atoms with Crippen LogP contribution in [0, 0.1) is 13.8 Å². The van der Waals surface area contributed by atoms with Crippen molar-refractivity contribution in [3.05, 3.63) is 47.2 Å². The predicted molar refractivity (Wildman–Crippen MR) is 73.0 cm³/mol. The minimum absolute atomic E-state index is 0.0870. The van der Waals surface area contributed by atoms with E-state index in [1.54, 1.807) is 12.1 Å². The van der Waals surface area contributed by atoms with Crippen molar-refractivity contribution in [1.29, 1.82) is 0 Å². The van der Waals surface area contributed by atoms with Gasteiger partial charge in [0.25, 0.3) is 5.91 Å². The molecular weight excluding hydrogens is 242 g/mol. The van der Waals surface area contributed by atoms with Crippen LogP contribution < -0.4 is 5.32 Å². The molecule has 4 nitrogen and oxygen atoms in total. The first-order valence-electron chi connectivity index (χ1n) is 6.19. The number of rotatable bonds is 4. The predicted octanol–water partition coefficient (Wildman–Crippen LogP) is 2.29. The number of amides is 1. The lowest BCUT2D eigenvalue weighted by Gasteiger charge is -2.05. The van der Waals surface area contributed by atoms with Gasteiger partial charge in [-0.1, -0.05) is 18.2 Å². The molecule has 1 aromatic carbocycles. The summed E-state index contributed by atoms with van der Waals surface area (Å²) >= 11 is 0. The molecule has 0 atom stereocenters. The third-order valence-corrected chi connectivity index (χ3v) is 3.10. The van der Waals surface area contributed by atoms with Crippen LogP contribution >= 0.6 is 0 Å². The van der Waals surface area contributed by atoms with Crippen LogP contribution in [0.25, 0.3) is 11.3 Å². The largest absolute Gasteiger partial charge is 0.451 e. The van der Waals surface area contributed by atoms with Crippen molar-refractivity contribution < 1.29 is 14.3 Å². The van der Waals surface area contributed by atoms with E-state index in [1.807, 2.05) is 32.0 Å². The lowest BCUT2D eigenvalue weighted by molar-refractivity contribution is 0.0918. The summed E-state index contributed by atoms with van der Waals surface area (Å²) in [5, 5.41) is 11.2. The van der Waals surface area contributed by atoms with E-state index in [2.05, 4.69) is 5.32 Å². The molecule has 0 spiro atoms. The Kier molecular flexibility index (Phi) is 4.02. The van der Waals surface area contributed by atoms with E-state index in [1.165, 1.54) is 5.56 Å². The van der Waals surface area contributed by atoms with Crippen LogP contribution in [0.3, 0.4) is 0 Å². The maximum atomic E-state index is 11.7. The zero-order valence-corrected chi connectivity index (χ0v) is 11.1. The summed E-state index contributed by atoms with van der Waals surface area (Å²) in [5.74, 6) is 0.616. The summed E-state index contributed by atoms with van der Waals surface area (Å²) in [6.07, 6.45) is 0. The molecule has 2 aromatic rings. The van der Waals surface area contributed by atoms with E-state index in [-0.39, 0.29) is 24.8 Å². The van der Waals surface area contributed by atoms with Gasteiger partial charge in [-0.3, -0.25) is 4.79 Å². The Bertz CT molecular complexity index is 587. The summed E-state index contributed by atoms with van der Waals surface area (Å²) in [7, 11) is 0. The Balaban J connectivity index is 2.26. The number of hydrogen-bond donors (Lipinski definition) is 2. The van der Waals surface area contributed by atoms with Crippen LogP contribution in [-0.4, -0.2) is 24.2 Å². The van der Waals surface area contributed by atoms with Crippen molar-refractivity contribution in [2.75, 3.05) is 13.2 Å². The van der Waals surface area contributed by atoms with Crippen LogP contribution in [-0.2, 0) is 0 Å². The quantitative estimate of drug-likeness (QED) is 0.885. The molecule has 100 valence electrons. The molecule has 4 heteroatoms. The standard InChI is InChI=1S/C15H17NO3/c1-10-4-3-5-12(11(10)2)13-6-7-14(19-13)15(18)16-8-9-17/h3-7,17H,8-9H2,1-2H3,(H,16,18). The second-order valence-electron chi connectivity index (χ2n) is 4.39. The second-order valence-corrected chi connectivity index (χ2v) is 4.39. The van der Waals surface area contributed by atoms with Crippen LogP contribution in [0.4, 0.5) is 0 Å². The maximum absolute atomic E-state index is 11.7. The zero-order valence-electron chi connectivity index (χ0n) is 11.1. The number of benzene rings is 1. The highest BCUT2D eigenvalue weighted by Gasteiger charge is 2.13. The topological polar surface area (TPSA) is 62.5 Å². The molecule has 0 aliphatic carbocycles. The Morgan fingerprint density at radius 2 is 2.05 bits per heavy atom. The molecule has 0 radical (unpaired) electrons. The highest BCUT2D eigenvalue weighted by Crippen LogP contribution is 2.27. The molecule has 0 fully saturated rings. The van der Waals surface area contributed by atoms with Gasteiger partial charge >= 0.3 is 0 Å². The van der Waals surface area contributed by atoms with Gasteiger partial charge in [-0.05, 0) is 37.1 Å². The van der Waals surface area contributed by atoms with Crippen LogP contribution in [0.1, 0.15) is 21.7 Å². The second kappa shape index (κ2) is 5.71. The van der Waals surface area contributed by atoms with E-state index in [0.29, 0.717) is 5.76 Å². The van der Waals surface area contributed by atoms with Gasteiger partial charge in [0.1, 0.15) is 5.76 Å². The van der Waals surface area contributed by atoms with Gasteiger partial charge in [0.05, 0.1) is 6.61 Å². The highest BCUT2D eigenvalue weighted by molar-refractivity contribution is 5.92. The lowest BCUT2D eigenvalue weighted by atomic mass is 10.0. The summed E-state index contributed by atoms with van der Waals surface area (Å²) in [6.45, 7) is 4.20. The van der Waals surface area contributed by atoms with Crippen LogP contribution in [0.2, 0.25) is 0 Å². The number of aliphatic hydroxyl groups excluding tert-OH is 1. The Labute approximate surface area is 112 Å². The van der Waals surface area contributed by atoms with E-state index in [4.69, 9.17) is 9.52 Å². The third-order valence-electron chi connectivity index (χ3n) is 3.10. The number of nitrogens with one attached hydrogen (secondary N) is 1. The number of aryl methyl sites for hydroxylation is 1. The van der Waals surface area contributed by atoms with Crippen molar-refractivity contribution in [3.63, 3.8) is 0 Å². The molecule has 0 unspecified atom stereocenters. The fourth-order valence-corrected chi connectivity index (χ4v) is 1.88. The average Bonchev–Trinajstić information content (AvgIpc) is 2.88. The van der Waals surface area contributed by atoms with Gasteiger partial charge in [0.15, 0.2) is 5.76 Å². The Morgan fingerprint density at radius 3 is 2.79 bits per heavy atom. The summed E-state index contributed by atoms with van der Waals surface area (Å²) < 4.78 is 5.57. The molecule has 19 heavy (non-hydrogen) atoms. The smallest absolute Gasteiger partial charge is 0.287 e. The van der Waals surface area contributed by atoms with Crippen molar-refractivity contribution >= 4 is 5.91 Å². The maximum Gasteiger partial charge on any atom is 0.287 e. The van der Waals surface area contributed by atoms with Gasteiger partial charge in [-0.2, -0.15) is 0 Å². The van der Waals surface area contributed by atoms with Crippen molar-refractivity contribution in [1.82, 2.24) is 5.32 Å². The van der Waals surface area contributed by atoms with Crippen LogP contribution in [0.5, 0.6) is 0 Å². The van der Waals surface area contributed by atoms with Gasteiger partial charge in [0.2, 0.25) is 0 Å². The van der Waals surface area contributed by atoms with Crippen molar-refractivity contribution in [2.45, 2.75) is 13.8 Å². The number of hydrogen-bond acceptors (Lipinski definition) is 3. The fourth-order valence-electron chi connectivity index (χ4n) is 1.88. The van der Waals surface area contributed by atoms with Crippen molar-refractivity contribution in [3.8, 4) is 11.3 Å². The first-order valence-corrected chi connectivity index (χ1v) is 6.19. The zero-order chi connectivity index (χ0) is 13.8. The average molecular weight is 259 g/mol. The van der Waals surface area contributed by atoms with Crippen LogP contribution in [0.15, 0.2) is 34.7 Å². The summed E-state index contributed by atoms with van der Waals surface area (Å²) in [4.78, 5) is 11.7. The molecule has 2 rings (SSSR count). The first kappa shape index (κ1) is 13.4. The minimum Gasteiger partial charge on any atom is -0.451 e. The van der Waals surface area contributed by atoms with Gasteiger partial charge in [-0.25, -0.2) is 0 Å². The molecule has 0 bridgehead atoms.